The largest absolute Gasteiger partial charge is 0.298 e. The van der Waals surface area contributed by atoms with Gasteiger partial charge < -0.3 is 0 Å². The molecule has 1 N–H and O–H groups in total. The summed E-state index contributed by atoms with van der Waals surface area (Å²) in [5.74, 6) is -2.31. The lowest BCUT2D eigenvalue weighted by Crippen LogP contribution is -2.34. The number of halogens is 2. The molecule has 6 nitrogen and oxygen atoms in total. The van der Waals surface area contributed by atoms with Crippen LogP contribution >= 0.6 is 11.3 Å². The van der Waals surface area contributed by atoms with Crippen molar-refractivity contribution in [1.29, 1.82) is 0 Å². The number of fused-ring (bicyclic) bond motifs is 1. The number of sulfonamides is 1. The first kappa shape index (κ1) is 20.4. The molecule has 0 fully saturated rings. The summed E-state index contributed by atoms with van der Waals surface area (Å²) in [6.07, 6.45) is 1.67. The van der Waals surface area contributed by atoms with Crippen molar-refractivity contribution >= 4 is 38.1 Å². The third-order valence-corrected chi connectivity index (χ3v) is 6.82. The lowest BCUT2D eigenvalue weighted by molar-refractivity contribution is 0.102. The van der Waals surface area contributed by atoms with E-state index in [0.29, 0.717) is 34.1 Å². The third-order valence-electron chi connectivity index (χ3n) is 4.79. The molecule has 1 atom stereocenters. The number of nitrogens with zero attached hydrogens (tertiary/aromatic N) is 2. The van der Waals surface area contributed by atoms with Gasteiger partial charge >= 0.3 is 0 Å². The molecule has 1 aromatic heterocycles. The fraction of sp³-hybridized carbons (Fsp3) is 0.200. The summed E-state index contributed by atoms with van der Waals surface area (Å²) in [4.78, 5) is 16.9. The molecule has 0 saturated carbocycles. The smallest absolute Gasteiger partial charge is 0.257 e. The van der Waals surface area contributed by atoms with Crippen LogP contribution in [0.3, 0.4) is 0 Å². The van der Waals surface area contributed by atoms with E-state index in [1.165, 1.54) is 10.4 Å². The van der Waals surface area contributed by atoms with Crippen molar-refractivity contribution in [2.45, 2.75) is 19.4 Å². The Kier molecular flexibility index (Phi) is 5.07. The molecule has 1 aliphatic rings. The second-order valence-electron chi connectivity index (χ2n) is 7.08. The molecule has 0 spiro atoms. The van der Waals surface area contributed by atoms with E-state index in [0.717, 1.165) is 35.3 Å². The van der Waals surface area contributed by atoms with Gasteiger partial charge in [0.2, 0.25) is 10.0 Å². The maximum Gasteiger partial charge on any atom is 0.257 e. The molecule has 3 aromatic rings. The molecule has 1 amide bonds. The summed E-state index contributed by atoms with van der Waals surface area (Å²) in [6.45, 7) is 1.82. The highest BCUT2D eigenvalue weighted by molar-refractivity contribution is 7.92. The molecule has 0 saturated heterocycles. The van der Waals surface area contributed by atoms with Gasteiger partial charge in [-0.1, -0.05) is 0 Å². The molecule has 30 heavy (non-hydrogen) atoms. The predicted octanol–water partition coefficient (Wildman–Crippen LogP) is 4.05. The van der Waals surface area contributed by atoms with Crippen molar-refractivity contribution in [1.82, 2.24) is 4.98 Å². The van der Waals surface area contributed by atoms with E-state index in [9.17, 15) is 22.0 Å². The predicted molar refractivity (Wildman–Crippen MR) is 112 cm³/mol. The molecule has 1 aliphatic heterocycles. The minimum atomic E-state index is -3.40. The molecular formula is C20H17F2N3O3S2. The molecule has 10 heteroatoms. The zero-order valence-corrected chi connectivity index (χ0v) is 17.7. The van der Waals surface area contributed by atoms with Crippen LogP contribution in [-0.4, -0.2) is 31.6 Å². The van der Waals surface area contributed by atoms with Gasteiger partial charge in [-0.2, -0.15) is 0 Å². The Morgan fingerprint density at radius 1 is 1.20 bits per heavy atom. The van der Waals surface area contributed by atoms with E-state index in [1.807, 2.05) is 6.92 Å². The highest BCUT2D eigenvalue weighted by Crippen LogP contribution is 2.35. The Balaban J connectivity index is 1.54. The van der Waals surface area contributed by atoms with Crippen molar-refractivity contribution in [3.63, 3.8) is 0 Å². The highest BCUT2D eigenvalue weighted by Gasteiger charge is 2.32. The molecular weight excluding hydrogens is 432 g/mol. The number of aromatic nitrogens is 1. The van der Waals surface area contributed by atoms with Gasteiger partial charge in [-0.05, 0) is 55.3 Å². The minimum Gasteiger partial charge on any atom is -0.298 e. The second-order valence-corrected chi connectivity index (χ2v) is 9.79. The first-order valence-corrected chi connectivity index (χ1v) is 11.7. The number of benzene rings is 2. The monoisotopic (exact) mass is 449 g/mol. The number of hydrogen-bond donors (Lipinski definition) is 1. The van der Waals surface area contributed by atoms with Gasteiger partial charge in [0.05, 0.1) is 17.6 Å². The van der Waals surface area contributed by atoms with Gasteiger partial charge in [-0.25, -0.2) is 22.2 Å². The van der Waals surface area contributed by atoms with E-state index in [1.54, 1.807) is 23.6 Å². The van der Waals surface area contributed by atoms with Crippen molar-refractivity contribution < 1.29 is 22.0 Å². The molecule has 0 radical (unpaired) electrons. The van der Waals surface area contributed by atoms with Crippen LogP contribution in [0.25, 0.3) is 11.3 Å². The van der Waals surface area contributed by atoms with Gasteiger partial charge in [0.25, 0.3) is 5.91 Å². The number of hydrogen-bond acceptors (Lipinski definition) is 5. The minimum absolute atomic E-state index is 0.217. The van der Waals surface area contributed by atoms with Crippen molar-refractivity contribution in [3.8, 4) is 11.3 Å². The normalized spacial score (nSPS) is 15.9. The van der Waals surface area contributed by atoms with E-state index in [2.05, 4.69) is 10.3 Å². The number of thiazole rings is 1. The molecule has 2 aromatic carbocycles. The molecule has 2 heterocycles. The van der Waals surface area contributed by atoms with Crippen LogP contribution in [0.15, 0.2) is 41.8 Å². The van der Waals surface area contributed by atoms with Gasteiger partial charge in [0.15, 0.2) is 16.8 Å². The summed E-state index contributed by atoms with van der Waals surface area (Å²) < 4.78 is 51.9. The lowest BCUT2D eigenvalue weighted by Gasteiger charge is -2.21. The standard InChI is InChI=1S/C20H17F2N3O3S2/c1-11-7-14-8-13(4-6-18(14)25(11)30(2,27)28)19(26)24-20-23-17(10-29-20)12-3-5-15(21)16(22)9-12/h3-6,8-11H,7H2,1-2H3,(H,23,24,26)/t11-/m0/s1. The Labute approximate surface area is 176 Å². The first-order chi connectivity index (χ1) is 14.1. The van der Waals surface area contributed by atoms with Crippen molar-refractivity contribution in [2.24, 2.45) is 0 Å². The zero-order valence-electron chi connectivity index (χ0n) is 16.0. The average Bonchev–Trinajstić information content (AvgIpc) is 3.26. The quantitative estimate of drug-likeness (QED) is 0.652. The number of rotatable bonds is 4. The number of carbonyl (C=O) groups excluding carboxylic acids is 1. The van der Waals surface area contributed by atoms with Crippen LogP contribution in [0.4, 0.5) is 19.6 Å². The van der Waals surface area contributed by atoms with E-state index in [4.69, 9.17) is 0 Å². The lowest BCUT2D eigenvalue weighted by atomic mass is 10.1. The molecule has 156 valence electrons. The number of amides is 1. The second kappa shape index (κ2) is 7.44. The summed E-state index contributed by atoms with van der Waals surface area (Å²) in [5, 5.41) is 4.63. The van der Waals surface area contributed by atoms with Gasteiger partial charge in [-0.3, -0.25) is 14.4 Å². The number of anilines is 2. The van der Waals surface area contributed by atoms with Crippen LogP contribution in [0.1, 0.15) is 22.8 Å². The molecule has 0 unspecified atom stereocenters. The third kappa shape index (κ3) is 3.80. The zero-order chi connectivity index (χ0) is 21.6. The van der Waals surface area contributed by atoms with Crippen LogP contribution in [-0.2, 0) is 16.4 Å². The van der Waals surface area contributed by atoms with Crippen molar-refractivity contribution in [3.05, 3.63) is 64.5 Å². The summed E-state index contributed by atoms with van der Waals surface area (Å²) in [5.41, 5.74) is 2.55. The fourth-order valence-corrected chi connectivity index (χ4v) is 5.52. The van der Waals surface area contributed by atoms with Crippen LogP contribution in [0.2, 0.25) is 0 Å². The van der Waals surface area contributed by atoms with Gasteiger partial charge in [0.1, 0.15) is 0 Å². The van der Waals surface area contributed by atoms with E-state index >= 15 is 0 Å². The van der Waals surface area contributed by atoms with Crippen molar-refractivity contribution in [2.75, 3.05) is 15.9 Å². The Morgan fingerprint density at radius 2 is 1.97 bits per heavy atom. The van der Waals surface area contributed by atoms with E-state index in [-0.39, 0.29) is 6.04 Å². The van der Waals surface area contributed by atoms with E-state index < -0.39 is 27.6 Å². The number of nitrogens with one attached hydrogen (secondary N) is 1. The SMILES string of the molecule is C[C@H]1Cc2cc(C(=O)Nc3nc(-c4ccc(F)c(F)c4)cs3)ccc2N1S(C)(=O)=O. The summed E-state index contributed by atoms with van der Waals surface area (Å²) in [6, 6.07) is 8.13. The van der Waals surface area contributed by atoms with Gasteiger partial charge in [0, 0.05) is 22.5 Å². The topological polar surface area (TPSA) is 79.4 Å². The Morgan fingerprint density at radius 3 is 2.67 bits per heavy atom. The van der Waals surface area contributed by atoms with Crippen LogP contribution in [0.5, 0.6) is 0 Å². The summed E-state index contributed by atoms with van der Waals surface area (Å²) in [7, 11) is -3.40. The maximum atomic E-state index is 13.4. The van der Waals surface area contributed by atoms with Crippen LogP contribution < -0.4 is 9.62 Å². The van der Waals surface area contributed by atoms with Gasteiger partial charge in [-0.15, -0.1) is 11.3 Å². The summed E-state index contributed by atoms with van der Waals surface area (Å²) >= 11 is 1.16. The molecule has 0 aliphatic carbocycles. The van der Waals surface area contributed by atoms with Crippen LogP contribution in [0, 0.1) is 11.6 Å². The highest BCUT2D eigenvalue weighted by atomic mass is 32.2. The molecule has 4 rings (SSSR count). The molecule has 0 bridgehead atoms. The fourth-order valence-electron chi connectivity index (χ4n) is 3.54. The number of carbonyl (C=O) groups is 1. The average molecular weight is 450 g/mol. The Hall–Kier alpha value is -2.85. The first-order valence-electron chi connectivity index (χ1n) is 8.98. The Bertz CT molecular complexity index is 1260. The maximum absolute atomic E-state index is 13.4.